The van der Waals surface area contributed by atoms with Gasteiger partial charge >= 0.3 is 5.69 Å². The largest absolute Gasteiger partial charge is 0.496 e. The van der Waals surface area contributed by atoms with Gasteiger partial charge in [0.15, 0.2) is 5.75 Å². The average molecular weight is 399 g/mol. The van der Waals surface area contributed by atoms with Crippen LogP contribution in [0.25, 0.3) is 0 Å². The highest BCUT2D eigenvalue weighted by Gasteiger charge is 2.14. The summed E-state index contributed by atoms with van der Waals surface area (Å²) >= 11 is 5.12. The second kappa shape index (κ2) is 8.44. The third-order valence-electron chi connectivity index (χ3n) is 3.88. The Balaban J connectivity index is 1.84. The number of aromatic amines is 1. The van der Waals surface area contributed by atoms with Crippen LogP contribution in [0.3, 0.4) is 0 Å². The Labute approximate surface area is 165 Å². The molecule has 0 saturated carbocycles. The predicted molar refractivity (Wildman–Crippen MR) is 106 cm³/mol. The highest BCUT2D eigenvalue weighted by molar-refractivity contribution is 7.71. The molecule has 0 saturated heterocycles. The van der Waals surface area contributed by atoms with E-state index in [2.05, 4.69) is 15.3 Å². The van der Waals surface area contributed by atoms with Crippen LogP contribution in [-0.4, -0.2) is 33.1 Å². The molecule has 0 aliphatic rings. The maximum absolute atomic E-state index is 11.1. The molecule has 3 rings (SSSR count). The molecular formula is C18H17N5O4S. The summed E-state index contributed by atoms with van der Waals surface area (Å²) in [5, 5.41) is 22.1. The third-order valence-corrected chi connectivity index (χ3v) is 4.15. The summed E-state index contributed by atoms with van der Waals surface area (Å²) in [6.07, 6.45) is 1.63. The van der Waals surface area contributed by atoms with Crippen molar-refractivity contribution in [1.82, 2.24) is 14.9 Å². The van der Waals surface area contributed by atoms with Crippen molar-refractivity contribution in [1.29, 1.82) is 0 Å². The number of aryl methyl sites for hydroxylation is 1. The molecule has 1 N–H and O–H groups in total. The van der Waals surface area contributed by atoms with Crippen LogP contribution in [0.2, 0.25) is 0 Å². The quantitative estimate of drug-likeness (QED) is 0.281. The first-order valence-electron chi connectivity index (χ1n) is 8.21. The van der Waals surface area contributed by atoms with Gasteiger partial charge in [0, 0.05) is 11.6 Å². The molecule has 0 bridgehead atoms. The highest BCUT2D eigenvalue weighted by atomic mass is 32.1. The van der Waals surface area contributed by atoms with E-state index in [0.717, 1.165) is 11.1 Å². The van der Waals surface area contributed by atoms with Gasteiger partial charge in [-0.1, -0.05) is 12.1 Å². The van der Waals surface area contributed by atoms with Gasteiger partial charge in [0.1, 0.15) is 18.2 Å². The average Bonchev–Trinajstić information content (AvgIpc) is 3.02. The van der Waals surface area contributed by atoms with Gasteiger partial charge in [0.05, 0.1) is 18.2 Å². The molecule has 0 radical (unpaired) electrons. The molecule has 1 aromatic heterocycles. The number of hydrogen-bond acceptors (Lipinski definition) is 7. The zero-order valence-electron chi connectivity index (χ0n) is 15.2. The number of aromatic nitrogens is 3. The molecule has 0 aliphatic carbocycles. The molecule has 0 fully saturated rings. The van der Waals surface area contributed by atoms with Crippen molar-refractivity contribution in [3.8, 4) is 11.5 Å². The lowest BCUT2D eigenvalue weighted by Gasteiger charge is -2.11. The number of rotatable bonds is 7. The van der Waals surface area contributed by atoms with Crippen molar-refractivity contribution in [3.63, 3.8) is 0 Å². The summed E-state index contributed by atoms with van der Waals surface area (Å²) < 4.78 is 12.9. The Kier molecular flexibility index (Phi) is 5.80. The van der Waals surface area contributed by atoms with E-state index in [4.69, 9.17) is 21.7 Å². The van der Waals surface area contributed by atoms with E-state index in [0.29, 0.717) is 16.3 Å². The number of nitrogens with zero attached hydrogens (tertiary/aromatic N) is 4. The van der Waals surface area contributed by atoms with E-state index in [1.165, 1.54) is 10.7 Å². The number of nitrogens with one attached hydrogen (secondary N) is 1. The third kappa shape index (κ3) is 4.23. The molecule has 10 heteroatoms. The zero-order valence-corrected chi connectivity index (χ0v) is 16.0. The normalized spacial score (nSPS) is 10.9. The minimum atomic E-state index is -0.480. The molecule has 0 aliphatic heterocycles. The molecule has 0 spiro atoms. The summed E-state index contributed by atoms with van der Waals surface area (Å²) in [7, 11) is 1.55. The van der Waals surface area contributed by atoms with Gasteiger partial charge in [0.25, 0.3) is 0 Å². The van der Waals surface area contributed by atoms with Crippen LogP contribution in [-0.2, 0) is 6.61 Å². The maximum Gasteiger partial charge on any atom is 0.310 e. The lowest BCUT2D eigenvalue weighted by Crippen LogP contribution is -2.02. The number of nitro groups is 1. The van der Waals surface area contributed by atoms with E-state index < -0.39 is 4.92 Å². The van der Waals surface area contributed by atoms with Crippen LogP contribution in [0, 0.1) is 21.8 Å². The van der Waals surface area contributed by atoms with Crippen LogP contribution >= 0.6 is 12.2 Å². The minimum Gasteiger partial charge on any atom is -0.496 e. The van der Waals surface area contributed by atoms with E-state index in [1.807, 2.05) is 12.1 Å². The second-order valence-electron chi connectivity index (χ2n) is 5.72. The summed E-state index contributed by atoms with van der Waals surface area (Å²) in [6.45, 7) is 1.88. The minimum absolute atomic E-state index is 0.0935. The first-order chi connectivity index (χ1) is 13.5. The van der Waals surface area contributed by atoms with Crippen LogP contribution in [0.5, 0.6) is 11.5 Å². The number of nitro benzene ring substituents is 1. The topological polar surface area (TPSA) is 108 Å². The Bertz CT molecular complexity index is 1090. The van der Waals surface area contributed by atoms with Crippen molar-refractivity contribution in [2.24, 2.45) is 5.10 Å². The van der Waals surface area contributed by atoms with Crippen LogP contribution in [0.15, 0.2) is 47.6 Å². The molecule has 144 valence electrons. The van der Waals surface area contributed by atoms with E-state index in [9.17, 15) is 10.1 Å². The van der Waals surface area contributed by atoms with Gasteiger partial charge in [-0.15, -0.1) is 0 Å². The lowest BCUT2D eigenvalue weighted by molar-refractivity contribution is -0.385. The van der Waals surface area contributed by atoms with Crippen molar-refractivity contribution in [3.05, 3.63) is 74.3 Å². The molecule has 28 heavy (non-hydrogen) atoms. The molecule has 2 aromatic carbocycles. The van der Waals surface area contributed by atoms with Crippen molar-refractivity contribution in [2.45, 2.75) is 13.5 Å². The molecule has 1 heterocycles. The summed E-state index contributed by atoms with van der Waals surface area (Å²) in [5.41, 5.74) is 1.41. The summed E-state index contributed by atoms with van der Waals surface area (Å²) in [5.74, 6) is 1.43. The van der Waals surface area contributed by atoms with Crippen LogP contribution in [0.4, 0.5) is 5.69 Å². The molecule has 9 nitrogen and oxygen atoms in total. The number of methoxy groups -OCH3 is 1. The Morgan fingerprint density at radius 3 is 2.79 bits per heavy atom. The molecule has 0 unspecified atom stereocenters. The van der Waals surface area contributed by atoms with Crippen molar-refractivity contribution in [2.75, 3.05) is 7.11 Å². The zero-order chi connectivity index (χ0) is 20.1. The Morgan fingerprint density at radius 1 is 1.32 bits per heavy atom. The number of benzene rings is 2. The van der Waals surface area contributed by atoms with Gasteiger partial charge < -0.3 is 9.47 Å². The standard InChI is InChI=1S/C18H17N5O4S/c1-12-20-21-18(28)22(12)19-10-13-7-8-16(26-2)14(9-13)11-27-17-6-4-3-5-15(17)23(24)25/h3-10H,11H2,1-2H3,(H,21,28). The first kappa shape index (κ1) is 19.2. The smallest absolute Gasteiger partial charge is 0.310 e. The van der Waals surface area contributed by atoms with Gasteiger partial charge in [-0.25, -0.2) is 0 Å². The summed E-state index contributed by atoms with van der Waals surface area (Å²) in [6, 6.07) is 11.7. The lowest BCUT2D eigenvalue weighted by atomic mass is 10.1. The Morgan fingerprint density at radius 2 is 2.11 bits per heavy atom. The van der Waals surface area contributed by atoms with Crippen LogP contribution < -0.4 is 9.47 Å². The SMILES string of the molecule is COc1ccc(C=Nn2c(C)n[nH]c2=S)cc1COc1ccccc1[N+](=O)[O-]. The fourth-order valence-corrected chi connectivity index (χ4v) is 2.73. The number of para-hydroxylation sites is 2. The fraction of sp³-hybridized carbons (Fsp3) is 0.167. The maximum atomic E-state index is 11.1. The van der Waals surface area contributed by atoms with Crippen LogP contribution in [0.1, 0.15) is 17.0 Å². The number of H-pyrrole nitrogens is 1. The molecule has 3 aromatic rings. The number of ether oxygens (including phenoxy) is 2. The Hall–Kier alpha value is -3.53. The predicted octanol–water partition coefficient (Wildman–Crippen LogP) is 3.63. The van der Waals surface area contributed by atoms with Gasteiger partial charge in [0.2, 0.25) is 4.77 Å². The molecule has 0 atom stereocenters. The van der Waals surface area contributed by atoms with E-state index in [-0.39, 0.29) is 18.0 Å². The van der Waals surface area contributed by atoms with Crippen molar-refractivity contribution >= 4 is 24.1 Å². The molecular weight excluding hydrogens is 382 g/mol. The van der Waals surface area contributed by atoms with Gasteiger partial charge in [-0.05, 0) is 49.0 Å². The number of hydrogen-bond donors (Lipinski definition) is 1. The first-order valence-corrected chi connectivity index (χ1v) is 8.62. The highest BCUT2D eigenvalue weighted by Crippen LogP contribution is 2.28. The second-order valence-corrected chi connectivity index (χ2v) is 6.10. The van der Waals surface area contributed by atoms with E-state index >= 15 is 0 Å². The fourth-order valence-electron chi connectivity index (χ4n) is 2.51. The van der Waals surface area contributed by atoms with E-state index in [1.54, 1.807) is 44.5 Å². The van der Waals surface area contributed by atoms with Gasteiger partial charge in [-0.2, -0.15) is 14.9 Å². The van der Waals surface area contributed by atoms with Crippen molar-refractivity contribution < 1.29 is 14.4 Å². The molecule has 0 amide bonds. The van der Waals surface area contributed by atoms with Gasteiger partial charge in [-0.3, -0.25) is 15.2 Å². The summed E-state index contributed by atoms with van der Waals surface area (Å²) in [4.78, 5) is 10.6. The monoisotopic (exact) mass is 399 g/mol.